The van der Waals surface area contributed by atoms with Crippen molar-refractivity contribution in [3.8, 4) is 11.4 Å². The number of hydrogen-bond acceptors (Lipinski definition) is 6. The first kappa shape index (κ1) is 22.3. The number of ketones is 1. The van der Waals surface area contributed by atoms with Crippen LogP contribution < -0.4 is 15.6 Å². The van der Waals surface area contributed by atoms with Crippen LogP contribution in [0.5, 0.6) is 5.75 Å². The van der Waals surface area contributed by atoms with Crippen molar-refractivity contribution in [1.82, 2.24) is 9.55 Å². The minimum atomic E-state index is -0.312. The first-order valence-electron chi connectivity index (χ1n) is 10.2. The van der Waals surface area contributed by atoms with E-state index in [0.717, 1.165) is 11.8 Å². The van der Waals surface area contributed by atoms with E-state index in [-0.39, 0.29) is 23.0 Å². The number of nitrogens with zero attached hydrogens (tertiary/aromatic N) is 2. The van der Waals surface area contributed by atoms with E-state index in [0.29, 0.717) is 38.7 Å². The molecule has 3 aromatic carbocycles. The van der Waals surface area contributed by atoms with Crippen LogP contribution in [0.15, 0.2) is 82.7 Å². The van der Waals surface area contributed by atoms with Crippen molar-refractivity contribution in [2.24, 2.45) is 0 Å². The zero-order chi connectivity index (χ0) is 23.4. The van der Waals surface area contributed by atoms with E-state index >= 15 is 0 Å². The van der Waals surface area contributed by atoms with Gasteiger partial charge in [0, 0.05) is 11.6 Å². The Balaban J connectivity index is 1.68. The van der Waals surface area contributed by atoms with Gasteiger partial charge in [0.1, 0.15) is 5.75 Å². The zero-order valence-electron chi connectivity index (χ0n) is 18.1. The number of rotatable bonds is 7. The maximum absolute atomic E-state index is 13.3. The summed E-state index contributed by atoms with van der Waals surface area (Å²) in [5, 5.41) is 3.63. The summed E-state index contributed by atoms with van der Waals surface area (Å²) in [5.74, 6) is 0.151. The van der Waals surface area contributed by atoms with Gasteiger partial charge in [-0.1, -0.05) is 42.1 Å². The van der Waals surface area contributed by atoms with E-state index in [9.17, 15) is 14.4 Å². The van der Waals surface area contributed by atoms with Gasteiger partial charge in [-0.15, -0.1) is 0 Å². The summed E-state index contributed by atoms with van der Waals surface area (Å²) >= 11 is 1.14. The predicted octanol–water partition coefficient (Wildman–Crippen LogP) is 4.33. The largest absolute Gasteiger partial charge is 0.497 e. The van der Waals surface area contributed by atoms with Crippen molar-refractivity contribution in [1.29, 1.82) is 0 Å². The van der Waals surface area contributed by atoms with Crippen LogP contribution in [0.1, 0.15) is 17.3 Å². The third-order valence-corrected chi connectivity index (χ3v) is 5.91. The molecule has 4 aromatic rings. The Morgan fingerprint density at radius 3 is 2.58 bits per heavy atom. The molecule has 0 spiro atoms. The van der Waals surface area contributed by atoms with Gasteiger partial charge in [-0.3, -0.25) is 19.0 Å². The maximum atomic E-state index is 13.3. The number of fused-ring (bicyclic) bond motifs is 1. The SMILES string of the molecule is COc1cccc(-n2c(SCC(=O)Nc3ccccc3C(C)=O)nc3ccccc3c2=O)c1. The summed E-state index contributed by atoms with van der Waals surface area (Å²) < 4.78 is 6.78. The first-order valence-corrected chi connectivity index (χ1v) is 11.2. The van der Waals surface area contributed by atoms with E-state index in [1.165, 1.54) is 11.5 Å². The number of aromatic nitrogens is 2. The highest BCUT2D eigenvalue weighted by Crippen LogP contribution is 2.24. The number of Topliss-reactive ketones (excluding diaryl/α,β-unsaturated/α-hetero) is 1. The molecule has 166 valence electrons. The van der Waals surface area contributed by atoms with Gasteiger partial charge in [0.05, 0.1) is 35.1 Å². The van der Waals surface area contributed by atoms with Crippen LogP contribution in [0.3, 0.4) is 0 Å². The van der Waals surface area contributed by atoms with Gasteiger partial charge >= 0.3 is 0 Å². The third kappa shape index (κ3) is 4.80. The summed E-state index contributed by atoms with van der Waals surface area (Å²) in [6.07, 6.45) is 0. The number of nitrogens with one attached hydrogen (secondary N) is 1. The van der Waals surface area contributed by atoms with Gasteiger partial charge in [-0.25, -0.2) is 4.98 Å². The Labute approximate surface area is 194 Å². The fourth-order valence-corrected chi connectivity index (χ4v) is 4.21. The molecule has 0 aliphatic heterocycles. The second kappa shape index (κ2) is 9.70. The standard InChI is InChI=1S/C25H21N3O4S/c1-16(29)19-10-3-5-12-21(19)26-23(30)15-33-25-27-22-13-6-4-11-20(22)24(31)28(25)17-8-7-9-18(14-17)32-2/h3-14H,15H2,1-2H3,(H,26,30). The molecule has 1 N–H and O–H groups in total. The number of carbonyl (C=O) groups is 2. The Hall–Kier alpha value is -3.91. The molecule has 8 heteroatoms. The Morgan fingerprint density at radius 1 is 1.03 bits per heavy atom. The average molecular weight is 460 g/mol. The van der Waals surface area contributed by atoms with Crippen molar-refractivity contribution in [2.45, 2.75) is 12.1 Å². The zero-order valence-corrected chi connectivity index (χ0v) is 18.9. The lowest BCUT2D eigenvalue weighted by molar-refractivity contribution is -0.113. The molecular formula is C25H21N3O4S. The first-order chi connectivity index (χ1) is 16.0. The van der Waals surface area contributed by atoms with Gasteiger partial charge in [-0.05, 0) is 43.3 Å². The number of para-hydroxylation sites is 2. The van der Waals surface area contributed by atoms with Crippen LogP contribution in [-0.2, 0) is 4.79 Å². The van der Waals surface area contributed by atoms with Gasteiger partial charge in [0.15, 0.2) is 10.9 Å². The summed E-state index contributed by atoms with van der Waals surface area (Å²) in [7, 11) is 1.55. The highest BCUT2D eigenvalue weighted by atomic mass is 32.2. The lowest BCUT2D eigenvalue weighted by atomic mass is 10.1. The molecule has 7 nitrogen and oxygen atoms in total. The molecule has 0 radical (unpaired) electrons. The Kier molecular flexibility index (Phi) is 6.55. The molecule has 0 atom stereocenters. The number of carbonyl (C=O) groups excluding carboxylic acids is 2. The van der Waals surface area contributed by atoms with Crippen LogP contribution in [0.25, 0.3) is 16.6 Å². The number of benzene rings is 3. The van der Waals surface area contributed by atoms with Crippen LogP contribution in [0.2, 0.25) is 0 Å². The predicted molar refractivity (Wildman–Crippen MR) is 130 cm³/mol. The molecule has 0 bridgehead atoms. The summed E-state index contributed by atoms with van der Waals surface area (Å²) in [6, 6.07) is 21.0. The minimum absolute atomic E-state index is 0.000980. The minimum Gasteiger partial charge on any atom is -0.497 e. The van der Waals surface area contributed by atoms with Gasteiger partial charge in [0.25, 0.3) is 5.56 Å². The number of thioether (sulfide) groups is 1. The van der Waals surface area contributed by atoms with Crippen LogP contribution >= 0.6 is 11.8 Å². The fraction of sp³-hybridized carbons (Fsp3) is 0.120. The van der Waals surface area contributed by atoms with Crippen LogP contribution in [-0.4, -0.2) is 34.1 Å². The number of anilines is 1. The number of amides is 1. The molecule has 0 fully saturated rings. The second-order valence-electron chi connectivity index (χ2n) is 7.19. The Morgan fingerprint density at radius 2 is 1.79 bits per heavy atom. The van der Waals surface area contributed by atoms with E-state index in [4.69, 9.17) is 4.74 Å². The number of methoxy groups -OCH3 is 1. The monoisotopic (exact) mass is 459 g/mol. The Bertz CT molecular complexity index is 1410. The summed E-state index contributed by atoms with van der Waals surface area (Å²) in [6.45, 7) is 1.45. The van der Waals surface area contributed by atoms with Crippen molar-refractivity contribution in [2.75, 3.05) is 18.2 Å². The van der Waals surface area contributed by atoms with Crippen molar-refractivity contribution in [3.63, 3.8) is 0 Å². The van der Waals surface area contributed by atoms with Crippen molar-refractivity contribution >= 4 is 40.0 Å². The quantitative estimate of drug-likeness (QED) is 0.251. The fourth-order valence-electron chi connectivity index (χ4n) is 3.40. The van der Waals surface area contributed by atoms with Crippen molar-refractivity contribution in [3.05, 3.63) is 88.7 Å². The number of ether oxygens (including phenoxy) is 1. The van der Waals surface area contributed by atoms with E-state index in [1.54, 1.807) is 73.8 Å². The molecule has 0 aliphatic carbocycles. The lowest BCUT2D eigenvalue weighted by Gasteiger charge is -2.14. The van der Waals surface area contributed by atoms with E-state index in [2.05, 4.69) is 10.3 Å². The number of hydrogen-bond donors (Lipinski definition) is 1. The maximum Gasteiger partial charge on any atom is 0.266 e. The molecule has 1 heterocycles. The highest BCUT2D eigenvalue weighted by molar-refractivity contribution is 7.99. The molecule has 0 saturated carbocycles. The summed E-state index contributed by atoms with van der Waals surface area (Å²) in [4.78, 5) is 42.5. The average Bonchev–Trinajstić information content (AvgIpc) is 2.83. The van der Waals surface area contributed by atoms with Gasteiger partial charge in [0.2, 0.25) is 5.91 Å². The highest BCUT2D eigenvalue weighted by Gasteiger charge is 2.16. The smallest absolute Gasteiger partial charge is 0.266 e. The van der Waals surface area contributed by atoms with Gasteiger partial charge < -0.3 is 10.1 Å². The molecular weight excluding hydrogens is 438 g/mol. The molecule has 33 heavy (non-hydrogen) atoms. The normalized spacial score (nSPS) is 10.7. The molecule has 0 unspecified atom stereocenters. The molecule has 4 rings (SSSR count). The molecule has 0 aliphatic rings. The topological polar surface area (TPSA) is 90.3 Å². The lowest BCUT2D eigenvalue weighted by Crippen LogP contribution is -2.23. The van der Waals surface area contributed by atoms with E-state index < -0.39 is 0 Å². The molecule has 1 aromatic heterocycles. The molecule has 1 amide bonds. The van der Waals surface area contributed by atoms with Crippen molar-refractivity contribution < 1.29 is 14.3 Å². The molecule has 0 saturated heterocycles. The van der Waals surface area contributed by atoms with Crippen LogP contribution in [0, 0.1) is 0 Å². The summed E-state index contributed by atoms with van der Waals surface area (Å²) in [5.41, 5.74) is 1.79. The third-order valence-electron chi connectivity index (χ3n) is 4.97. The van der Waals surface area contributed by atoms with E-state index in [1.807, 2.05) is 6.07 Å². The van der Waals surface area contributed by atoms with Crippen LogP contribution in [0.4, 0.5) is 5.69 Å². The van der Waals surface area contributed by atoms with Gasteiger partial charge in [-0.2, -0.15) is 0 Å². The second-order valence-corrected chi connectivity index (χ2v) is 8.13.